The molecule has 1 heterocycles. The van der Waals surface area contributed by atoms with E-state index in [1.165, 1.54) is 28.8 Å². The zero-order valence-corrected chi connectivity index (χ0v) is 20.2. The lowest BCUT2D eigenvalue weighted by molar-refractivity contribution is -0.384. The van der Waals surface area contributed by atoms with Crippen LogP contribution in [0.2, 0.25) is 0 Å². The number of amides is 1. The highest BCUT2D eigenvalue weighted by Gasteiger charge is 2.17. The molecule has 0 saturated carbocycles. The molecule has 0 aliphatic rings. The number of hydrogen-bond donors (Lipinski definition) is 1. The average molecular weight is 497 g/mol. The minimum Gasteiger partial charge on any atom is -0.321 e. The topological polar surface area (TPSA) is 118 Å². The second kappa shape index (κ2) is 10.2. The van der Waals surface area contributed by atoms with Gasteiger partial charge in [0.1, 0.15) is 10.7 Å². The Morgan fingerprint density at radius 3 is 2.47 bits per heavy atom. The Kier molecular flexibility index (Phi) is 6.90. The van der Waals surface area contributed by atoms with Crippen LogP contribution in [0.5, 0.6) is 0 Å². The fourth-order valence-corrected chi connectivity index (χ4v) is 4.65. The van der Waals surface area contributed by atoms with Gasteiger partial charge in [-0.1, -0.05) is 36.4 Å². The van der Waals surface area contributed by atoms with Crippen LogP contribution >= 0.6 is 11.3 Å². The van der Waals surface area contributed by atoms with Crippen molar-refractivity contribution in [2.24, 2.45) is 0 Å². The molecule has 0 atom stereocenters. The summed E-state index contributed by atoms with van der Waals surface area (Å²) in [6.07, 6.45) is 1.51. The van der Waals surface area contributed by atoms with Crippen LogP contribution < -0.4 is 20.1 Å². The standard InChI is InChI=1S/C27H20N4O4S/c1-17-11-12-20(13-18(17)2)29-25(32)23(16-28)27-30(21-8-4-3-5-9-21)26(33)24(36-27)15-19-7-6-10-22(14-19)31(34)35/h3-15H,1-2H3,(H,29,32)/b24-15+,27-23+. The number of nitrogens with zero attached hydrogens (tertiary/aromatic N) is 3. The van der Waals surface area contributed by atoms with E-state index in [4.69, 9.17) is 0 Å². The lowest BCUT2D eigenvalue weighted by Crippen LogP contribution is -2.32. The number of thiazole rings is 1. The van der Waals surface area contributed by atoms with E-state index in [9.17, 15) is 25.0 Å². The minimum atomic E-state index is -0.645. The maximum Gasteiger partial charge on any atom is 0.273 e. The number of para-hydroxylation sites is 1. The molecule has 0 bridgehead atoms. The second-order valence-corrected chi connectivity index (χ2v) is 9.01. The van der Waals surface area contributed by atoms with Gasteiger partial charge in [0.2, 0.25) is 0 Å². The van der Waals surface area contributed by atoms with Crippen molar-refractivity contribution in [1.29, 1.82) is 5.26 Å². The summed E-state index contributed by atoms with van der Waals surface area (Å²) in [6, 6.07) is 21.9. The summed E-state index contributed by atoms with van der Waals surface area (Å²) in [6.45, 7) is 3.87. The fraction of sp³-hybridized carbons (Fsp3) is 0.0741. The highest BCUT2D eigenvalue weighted by Crippen LogP contribution is 2.16. The number of aromatic nitrogens is 1. The van der Waals surface area contributed by atoms with E-state index in [0.717, 1.165) is 22.5 Å². The molecule has 4 rings (SSSR count). The summed E-state index contributed by atoms with van der Waals surface area (Å²) in [5.41, 5.74) is 2.74. The zero-order chi connectivity index (χ0) is 25.8. The van der Waals surface area contributed by atoms with Crippen LogP contribution in [0.25, 0.3) is 17.3 Å². The van der Waals surface area contributed by atoms with Gasteiger partial charge >= 0.3 is 0 Å². The fourth-order valence-electron chi connectivity index (χ4n) is 3.55. The number of anilines is 1. The number of rotatable bonds is 5. The number of nitriles is 1. The first kappa shape index (κ1) is 24.3. The monoisotopic (exact) mass is 496 g/mol. The lowest BCUT2D eigenvalue weighted by Gasteiger charge is -2.07. The van der Waals surface area contributed by atoms with E-state index < -0.39 is 16.4 Å². The summed E-state index contributed by atoms with van der Waals surface area (Å²) >= 11 is 0.972. The van der Waals surface area contributed by atoms with Crippen molar-refractivity contribution >= 4 is 40.3 Å². The van der Waals surface area contributed by atoms with Crippen LogP contribution in [0.15, 0.2) is 77.6 Å². The van der Waals surface area contributed by atoms with E-state index in [-0.39, 0.29) is 20.5 Å². The third-order valence-electron chi connectivity index (χ3n) is 5.53. The molecule has 3 aromatic carbocycles. The van der Waals surface area contributed by atoms with E-state index in [0.29, 0.717) is 16.9 Å². The zero-order valence-electron chi connectivity index (χ0n) is 19.4. The van der Waals surface area contributed by atoms with Gasteiger partial charge in [0, 0.05) is 17.8 Å². The van der Waals surface area contributed by atoms with E-state index >= 15 is 0 Å². The van der Waals surface area contributed by atoms with Gasteiger partial charge < -0.3 is 5.32 Å². The van der Waals surface area contributed by atoms with Crippen LogP contribution in [0.3, 0.4) is 0 Å². The molecule has 0 saturated heterocycles. The molecular weight excluding hydrogens is 476 g/mol. The van der Waals surface area contributed by atoms with Gasteiger partial charge in [0.15, 0.2) is 5.57 Å². The second-order valence-electron chi connectivity index (χ2n) is 7.98. The Balaban J connectivity index is 1.94. The number of benzene rings is 3. The summed E-state index contributed by atoms with van der Waals surface area (Å²) < 4.78 is 1.69. The maximum absolute atomic E-state index is 13.5. The Bertz CT molecular complexity index is 1710. The Morgan fingerprint density at radius 1 is 1.06 bits per heavy atom. The van der Waals surface area contributed by atoms with Crippen LogP contribution in [0.4, 0.5) is 11.4 Å². The summed E-state index contributed by atoms with van der Waals surface area (Å²) in [5, 5.41) is 23.8. The number of nitro benzene ring substituents is 1. The number of carbonyl (C=O) groups excluding carboxylic acids is 1. The molecule has 36 heavy (non-hydrogen) atoms. The van der Waals surface area contributed by atoms with Crippen LogP contribution in [0, 0.1) is 35.3 Å². The van der Waals surface area contributed by atoms with Gasteiger partial charge in [-0.3, -0.25) is 24.3 Å². The van der Waals surface area contributed by atoms with Crippen LogP contribution in [-0.4, -0.2) is 15.4 Å². The molecule has 0 radical (unpaired) electrons. The molecule has 0 spiro atoms. The van der Waals surface area contributed by atoms with E-state index in [1.807, 2.05) is 32.0 Å². The third-order valence-corrected chi connectivity index (χ3v) is 6.63. The first-order valence-corrected chi connectivity index (χ1v) is 11.7. The van der Waals surface area contributed by atoms with Gasteiger partial charge in [-0.05, 0) is 60.9 Å². The summed E-state index contributed by atoms with van der Waals surface area (Å²) in [5.74, 6) is -0.645. The average Bonchev–Trinajstić information content (AvgIpc) is 3.17. The minimum absolute atomic E-state index is 0.110. The van der Waals surface area contributed by atoms with Crippen LogP contribution in [-0.2, 0) is 4.79 Å². The Hall–Kier alpha value is -4.81. The van der Waals surface area contributed by atoms with Gasteiger partial charge in [-0.15, -0.1) is 11.3 Å². The predicted molar refractivity (Wildman–Crippen MR) is 139 cm³/mol. The number of carbonyl (C=O) groups is 1. The Morgan fingerprint density at radius 2 is 1.81 bits per heavy atom. The number of non-ortho nitro benzene ring substituents is 1. The predicted octanol–water partition coefficient (Wildman–Crippen LogP) is 3.57. The van der Waals surface area contributed by atoms with E-state index in [1.54, 1.807) is 42.5 Å². The summed E-state index contributed by atoms with van der Waals surface area (Å²) in [4.78, 5) is 37.2. The highest BCUT2D eigenvalue weighted by molar-refractivity contribution is 7.07. The number of aryl methyl sites for hydroxylation is 2. The number of nitro groups is 1. The van der Waals surface area contributed by atoms with Crippen molar-refractivity contribution < 1.29 is 9.72 Å². The molecule has 178 valence electrons. The van der Waals surface area contributed by atoms with Crippen molar-refractivity contribution in [3.05, 3.63) is 119 Å². The first-order chi connectivity index (χ1) is 17.3. The van der Waals surface area contributed by atoms with Gasteiger partial charge in [-0.2, -0.15) is 5.26 Å². The number of hydrogen-bond acceptors (Lipinski definition) is 6. The molecule has 1 aromatic heterocycles. The maximum atomic E-state index is 13.5. The van der Waals surface area contributed by atoms with Crippen molar-refractivity contribution in [3.8, 4) is 11.8 Å². The quantitative estimate of drug-likeness (QED) is 0.335. The number of nitrogens with one attached hydrogen (secondary N) is 1. The smallest absolute Gasteiger partial charge is 0.273 e. The van der Waals surface area contributed by atoms with Gasteiger partial charge in [-0.25, -0.2) is 0 Å². The van der Waals surface area contributed by atoms with Crippen molar-refractivity contribution in [2.45, 2.75) is 13.8 Å². The van der Waals surface area contributed by atoms with Gasteiger partial charge in [0.05, 0.1) is 15.1 Å². The van der Waals surface area contributed by atoms with Crippen molar-refractivity contribution in [3.63, 3.8) is 0 Å². The third kappa shape index (κ3) is 4.99. The molecule has 0 fully saturated rings. The molecule has 0 unspecified atom stereocenters. The van der Waals surface area contributed by atoms with E-state index in [2.05, 4.69) is 5.32 Å². The molecule has 0 aliphatic carbocycles. The normalized spacial score (nSPS) is 12.1. The Labute approximate surface area is 209 Å². The largest absolute Gasteiger partial charge is 0.321 e. The van der Waals surface area contributed by atoms with Crippen molar-refractivity contribution in [1.82, 2.24) is 4.57 Å². The first-order valence-electron chi connectivity index (χ1n) is 10.8. The van der Waals surface area contributed by atoms with Crippen molar-refractivity contribution in [2.75, 3.05) is 5.32 Å². The SMILES string of the molecule is Cc1ccc(NC(=O)/C(C#N)=c2/s/c(=C/c3cccc([N+](=O)[O-])c3)c(=O)n2-c2ccccc2)cc1C. The lowest BCUT2D eigenvalue weighted by atomic mass is 10.1. The van der Waals surface area contributed by atoms with Crippen LogP contribution in [0.1, 0.15) is 16.7 Å². The molecule has 8 nitrogen and oxygen atoms in total. The molecule has 1 N–H and O–H groups in total. The molecule has 1 amide bonds. The molecule has 0 aliphatic heterocycles. The molecule has 9 heteroatoms. The molecular formula is C27H20N4O4S. The highest BCUT2D eigenvalue weighted by atomic mass is 32.1. The summed E-state index contributed by atoms with van der Waals surface area (Å²) in [7, 11) is 0. The molecule has 4 aromatic rings. The van der Waals surface area contributed by atoms with Gasteiger partial charge in [0.25, 0.3) is 17.2 Å².